The summed E-state index contributed by atoms with van der Waals surface area (Å²) < 4.78 is 1.01. The molecule has 1 aliphatic rings. The number of benzene rings is 1. The van der Waals surface area contributed by atoms with Gasteiger partial charge in [0.2, 0.25) is 0 Å². The van der Waals surface area contributed by atoms with Crippen molar-refractivity contribution in [2.45, 2.75) is 19.9 Å². The van der Waals surface area contributed by atoms with Gasteiger partial charge in [0.1, 0.15) is 0 Å². The maximum Gasteiger partial charge on any atom is 0.161 e. The average molecular weight is 320 g/mol. The van der Waals surface area contributed by atoms with Gasteiger partial charge in [0.25, 0.3) is 0 Å². The van der Waals surface area contributed by atoms with E-state index in [1.54, 1.807) is 11.8 Å². The Labute approximate surface area is 113 Å². The molecule has 0 fully saturated rings. The number of nitrogens with zero attached hydrogens (tertiary/aromatic N) is 1. The number of aryl methyl sites for hydroxylation is 1. The molecule has 0 spiro atoms. The van der Waals surface area contributed by atoms with Gasteiger partial charge in [-0.25, -0.2) is 0 Å². The summed E-state index contributed by atoms with van der Waals surface area (Å²) in [4.78, 5) is 4.48. The molecule has 0 saturated heterocycles. The molecule has 1 atom stereocenters. The van der Waals surface area contributed by atoms with Gasteiger partial charge in [-0.3, -0.25) is 4.99 Å². The molecule has 1 aliphatic heterocycles. The Morgan fingerprint density at radius 2 is 2.31 bits per heavy atom. The summed E-state index contributed by atoms with van der Waals surface area (Å²) in [6.45, 7) is 4.10. The molecule has 1 unspecified atom stereocenters. The van der Waals surface area contributed by atoms with Crippen LogP contribution in [0.25, 0.3) is 0 Å². The van der Waals surface area contributed by atoms with E-state index in [0.717, 1.165) is 31.7 Å². The van der Waals surface area contributed by atoms with Crippen molar-refractivity contribution in [2.24, 2.45) is 4.99 Å². The molecule has 1 aromatic carbocycles. The van der Waals surface area contributed by atoms with Crippen molar-refractivity contribution in [3.05, 3.63) is 27.2 Å². The third-order valence-electron chi connectivity index (χ3n) is 2.29. The second-order valence-electron chi connectivity index (χ2n) is 3.80. The summed E-state index contributed by atoms with van der Waals surface area (Å²) in [5.74, 6) is 1.04. The summed E-state index contributed by atoms with van der Waals surface area (Å²) in [7, 11) is 0. The fourth-order valence-electron chi connectivity index (χ4n) is 1.40. The predicted molar refractivity (Wildman–Crippen MR) is 76.9 cm³/mol. The van der Waals surface area contributed by atoms with Crippen molar-refractivity contribution in [3.63, 3.8) is 0 Å². The molecular formula is C11H12BrClN2S. The lowest BCUT2D eigenvalue weighted by atomic mass is 10.2. The number of hydrogen-bond donors (Lipinski definition) is 1. The first kappa shape index (κ1) is 12.3. The highest BCUT2D eigenvalue weighted by Gasteiger charge is 2.15. The molecule has 1 N–H and O–H groups in total. The number of halogens is 2. The van der Waals surface area contributed by atoms with Crippen molar-refractivity contribution < 1.29 is 0 Å². The molecule has 0 bridgehead atoms. The van der Waals surface area contributed by atoms with Crippen LogP contribution in [-0.4, -0.2) is 17.0 Å². The van der Waals surface area contributed by atoms with Gasteiger partial charge in [-0.15, -0.1) is 0 Å². The molecule has 86 valence electrons. The van der Waals surface area contributed by atoms with Crippen LogP contribution in [0.5, 0.6) is 0 Å². The maximum absolute atomic E-state index is 6.09. The van der Waals surface area contributed by atoms with Crippen LogP contribution >= 0.6 is 39.3 Å². The van der Waals surface area contributed by atoms with Crippen LogP contribution in [0, 0.1) is 6.92 Å². The van der Waals surface area contributed by atoms with Gasteiger partial charge in [-0.05, 0) is 47.5 Å². The third kappa shape index (κ3) is 2.73. The van der Waals surface area contributed by atoms with E-state index in [0.29, 0.717) is 6.04 Å². The fraction of sp³-hybridized carbons (Fsp3) is 0.364. The summed E-state index contributed by atoms with van der Waals surface area (Å²) in [5.41, 5.74) is 2.03. The predicted octanol–water partition coefficient (Wildman–Crippen LogP) is 4.31. The van der Waals surface area contributed by atoms with Gasteiger partial charge >= 0.3 is 0 Å². The zero-order chi connectivity index (χ0) is 11.7. The van der Waals surface area contributed by atoms with E-state index in [-0.39, 0.29) is 0 Å². The summed E-state index contributed by atoms with van der Waals surface area (Å²) in [5, 5.41) is 5.02. The van der Waals surface area contributed by atoms with Crippen molar-refractivity contribution in [2.75, 3.05) is 11.1 Å². The molecule has 0 aliphatic carbocycles. The van der Waals surface area contributed by atoms with Crippen molar-refractivity contribution in [1.82, 2.24) is 0 Å². The third-order valence-corrected chi connectivity index (χ3v) is 4.48. The Hall–Kier alpha value is -0.190. The van der Waals surface area contributed by atoms with Crippen molar-refractivity contribution in [3.8, 4) is 0 Å². The summed E-state index contributed by atoms with van der Waals surface area (Å²) in [6.07, 6.45) is 0. The Morgan fingerprint density at radius 3 is 2.94 bits per heavy atom. The van der Waals surface area contributed by atoms with E-state index in [2.05, 4.69) is 33.2 Å². The number of aliphatic imine (C=N–C) groups is 1. The Kier molecular flexibility index (Phi) is 3.82. The van der Waals surface area contributed by atoms with E-state index < -0.39 is 0 Å². The minimum absolute atomic E-state index is 0.396. The maximum atomic E-state index is 6.09. The second kappa shape index (κ2) is 4.98. The largest absolute Gasteiger partial charge is 0.334 e. The number of nitrogens with one attached hydrogen (secondary N) is 1. The molecule has 1 aromatic rings. The number of hydrogen-bond acceptors (Lipinski definition) is 3. The molecule has 0 saturated carbocycles. The number of thioether (sulfide) groups is 1. The zero-order valence-electron chi connectivity index (χ0n) is 9.05. The minimum Gasteiger partial charge on any atom is -0.334 e. The topological polar surface area (TPSA) is 24.4 Å². The standard InChI is InChI=1S/C11H12BrClN2S/c1-6-3-8(12)10(4-9(6)13)15-11-14-7(2)5-16-11/h3-4,7H,5H2,1-2H3,(H,14,15). The number of anilines is 1. The Bertz CT molecular complexity index is 448. The highest BCUT2D eigenvalue weighted by Crippen LogP contribution is 2.30. The van der Waals surface area contributed by atoms with Crippen LogP contribution in [0.15, 0.2) is 21.6 Å². The fourth-order valence-corrected chi connectivity index (χ4v) is 3.03. The highest BCUT2D eigenvalue weighted by atomic mass is 79.9. The van der Waals surface area contributed by atoms with E-state index in [1.165, 1.54) is 0 Å². The van der Waals surface area contributed by atoms with Crippen LogP contribution < -0.4 is 5.32 Å². The molecule has 0 radical (unpaired) electrons. The first-order valence-corrected chi connectivity index (χ1v) is 7.15. The zero-order valence-corrected chi connectivity index (χ0v) is 12.2. The molecule has 16 heavy (non-hydrogen) atoms. The summed E-state index contributed by atoms with van der Waals surface area (Å²) in [6, 6.07) is 4.33. The van der Waals surface area contributed by atoms with Crippen LogP contribution in [0.2, 0.25) is 5.02 Å². The van der Waals surface area contributed by atoms with Crippen LogP contribution in [0.1, 0.15) is 12.5 Å². The van der Waals surface area contributed by atoms with Gasteiger partial charge in [0.05, 0.1) is 11.7 Å². The lowest BCUT2D eigenvalue weighted by Crippen LogP contribution is -2.05. The van der Waals surface area contributed by atoms with Crippen LogP contribution in [0.3, 0.4) is 0 Å². The number of amidine groups is 1. The van der Waals surface area contributed by atoms with E-state index >= 15 is 0 Å². The van der Waals surface area contributed by atoms with Gasteiger partial charge in [0, 0.05) is 15.2 Å². The molecule has 0 aromatic heterocycles. The van der Waals surface area contributed by atoms with Crippen molar-refractivity contribution in [1.29, 1.82) is 0 Å². The lowest BCUT2D eigenvalue weighted by molar-refractivity contribution is 0.865. The Morgan fingerprint density at radius 1 is 1.56 bits per heavy atom. The molecular weight excluding hydrogens is 308 g/mol. The molecule has 1 heterocycles. The Balaban J connectivity index is 2.22. The normalized spacial score (nSPS) is 19.8. The first-order valence-electron chi connectivity index (χ1n) is 4.99. The van der Waals surface area contributed by atoms with Gasteiger partial charge in [0.15, 0.2) is 5.17 Å². The number of rotatable bonds is 1. The molecule has 2 rings (SSSR count). The van der Waals surface area contributed by atoms with E-state index in [9.17, 15) is 0 Å². The smallest absolute Gasteiger partial charge is 0.161 e. The quantitative estimate of drug-likeness (QED) is 0.834. The van der Waals surface area contributed by atoms with Gasteiger partial charge < -0.3 is 5.32 Å². The first-order chi connectivity index (χ1) is 7.56. The average Bonchev–Trinajstić information content (AvgIpc) is 2.60. The lowest BCUT2D eigenvalue weighted by Gasteiger charge is -2.09. The summed E-state index contributed by atoms with van der Waals surface area (Å²) >= 11 is 11.3. The highest BCUT2D eigenvalue weighted by molar-refractivity contribution is 9.10. The van der Waals surface area contributed by atoms with Crippen LogP contribution in [-0.2, 0) is 0 Å². The molecule has 0 amide bonds. The monoisotopic (exact) mass is 318 g/mol. The van der Waals surface area contributed by atoms with E-state index in [1.807, 2.05) is 19.1 Å². The van der Waals surface area contributed by atoms with E-state index in [4.69, 9.17) is 11.6 Å². The van der Waals surface area contributed by atoms with Gasteiger partial charge in [-0.1, -0.05) is 23.4 Å². The molecule has 5 heteroatoms. The molecule has 2 nitrogen and oxygen atoms in total. The van der Waals surface area contributed by atoms with Crippen LogP contribution in [0.4, 0.5) is 5.69 Å². The second-order valence-corrected chi connectivity index (χ2v) is 6.07. The van der Waals surface area contributed by atoms with Gasteiger partial charge in [-0.2, -0.15) is 0 Å². The minimum atomic E-state index is 0.396. The van der Waals surface area contributed by atoms with Crippen molar-refractivity contribution >= 4 is 50.1 Å². The SMILES string of the molecule is Cc1cc(Br)c(NC2=NC(C)CS2)cc1Cl.